The minimum Gasteiger partial charge on any atom is -0.312 e. The van der Waals surface area contributed by atoms with Gasteiger partial charge >= 0.3 is 0 Å². The summed E-state index contributed by atoms with van der Waals surface area (Å²) in [6, 6.07) is 0. The molecule has 0 aromatic carbocycles. The summed E-state index contributed by atoms with van der Waals surface area (Å²) in [6.45, 7) is 10.1. The first-order valence-corrected chi connectivity index (χ1v) is 8.02. The van der Waals surface area contributed by atoms with E-state index in [0.29, 0.717) is 5.54 Å². The topological polar surface area (TPSA) is 12.0 Å². The molecule has 0 fully saturated rings. The monoisotopic (exact) mass is 253 g/mol. The first kappa shape index (κ1) is 17.7. The number of unbranched alkanes of at least 4 members (excludes halogenated alkanes) is 6. The van der Waals surface area contributed by atoms with Crippen LogP contribution in [0, 0.1) is 0 Å². The molecule has 108 valence electrons. The summed E-state index contributed by atoms with van der Waals surface area (Å²) in [5.74, 6) is 0. The Bertz CT molecular complexity index is 194. The third-order valence-corrected chi connectivity index (χ3v) is 3.47. The number of rotatable bonds is 12. The van der Waals surface area contributed by atoms with Crippen molar-refractivity contribution >= 4 is 0 Å². The largest absolute Gasteiger partial charge is 0.312 e. The molecular formula is C17H35N. The Hall–Kier alpha value is -0.300. The molecule has 0 bridgehead atoms. The maximum absolute atomic E-state index is 3.53. The summed E-state index contributed by atoms with van der Waals surface area (Å²) in [5, 5.41) is 3.53. The lowest BCUT2D eigenvalue weighted by Crippen LogP contribution is -2.38. The number of allylic oxidation sites excluding steroid dienone is 2. The average Bonchev–Trinajstić information content (AvgIpc) is 2.31. The van der Waals surface area contributed by atoms with Crippen molar-refractivity contribution in [3.8, 4) is 0 Å². The number of hydrogen-bond acceptors (Lipinski definition) is 1. The Morgan fingerprint density at radius 3 is 2.00 bits per heavy atom. The zero-order chi connectivity index (χ0) is 13.7. The van der Waals surface area contributed by atoms with Gasteiger partial charge in [0.05, 0.1) is 0 Å². The zero-order valence-corrected chi connectivity index (χ0v) is 13.2. The molecule has 1 nitrogen and oxygen atoms in total. The molecule has 0 aromatic rings. The van der Waals surface area contributed by atoms with E-state index >= 15 is 0 Å². The van der Waals surface area contributed by atoms with Crippen molar-refractivity contribution in [3.63, 3.8) is 0 Å². The minimum atomic E-state index is 0.318. The SMILES string of the molecule is CCCCCCC=CCCCCC(C)(C)NCC. The molecule has 0 saturated carbocycles. The van der Waals surface area contributed by atoms with Crippen LogP contribution in [-0.4, -0.2) is 12.1 Å². The van der Waals surface area contributed by atoms with Crippen LogP contribution in [0.15, 0.2) is 12.2 Å². The molecule has 0 amide bonds. The van der Waals surface area contributed by atoms with E-state index in [9.17, 15) is 0 Å². The summed E-state index contributed by atoms with van der Waals surface area (Å²) in [6.07, 6.45) is 16.8. The Labute approximate surface area is 115 Å². The van der Waals surface area contributed by atoms with Crippen LogP contribution in [0.3, 0.4) is 0 Å². The van der Waals surface area contributed by atoms with E-state index in [4.69, 9.17) is 0 Å². The first-order chi connectivity index (χ1) is 8.62. The van der Waals surface area contributed by atoms with E-state index in [2.05, 4.69) is 45.2 Å². The van der Waals surface area contributed by atoms with Gasteiger partial charge in [0.25, 0.3) is 0 Å². The van der Waals surface area contributed by atoms with Gasteiger partial charge in [-0.3, -0.25) is 0 Å². The van der Waals surface area contributed by atoms with Gasteiger partial charge in [-0.1, -0.05) is 51.7 Å². The van der Waals surface area contributed by atoms with Crippen molar-refractivity contribution in [2.75, 3.05) is 6.54 Å². The highest BCUT2D eigenvalue weighted by Crippen LogP contribution is 2.14. The molecule has 0 heterocycles. The van der Waals surface area contributed by atoms with Crippen LogP contribution in [0.1, 0.15) is 85.5 Å². The van der Waals surface area contributed by atoms with Crippen LogP contribution in [0.5, 0.6) is 0 Å². The normalized spacial score (nSPS) is 12.4. The fourth-order valence-electron chi connectivity index (χ4n) is 2.32. The standard InChI is InChI=1S/C17H35N/c1-5-7-8-9-10-11-12-13-14-15-16-17(3,4)18-6-2/h11-12,18H,5-10,13-16H2,1-4H3. The van der Waals surface area contributed by atoms with Crippen LogP contribution >= 0.6 is 0 Å². The Morgan fingerprint density at radius 1 is 0.833 bits per heavy atom. The van der Waals surface area contributed by atoms with Crippen LogP contribution in [0.2, 0.25) is 0 Å². The number of nitrogens with one attached hydrogen (secondary N) is 1. The third kappa shape index (κ3) is 12.2. The van der Waals surface area contributed by atoms with Crippen molar-refractivity contribution in [1.29, 1.82) is 0 Å². The summed E-state index contributed by atoms with van der Waals surface area (Å²) >= 11 is 0. The first-order valence-electron chi connectivity index (χ1n) is 8.02. The highest BCUT2D eigenvalue weighted by atomic mass is 14.9. The Morgan fingerprint density at radius 2 is 1.44 bits per heavy atom. The summed E-state index contributed by atoms with van der Waals surface area (Å²) in [7, 11) is 0. The van der Waals surface area contributed by atoms with E-state index < -0.39 is 0 Å². The lowest BCUT2D eigenvalue weighted by molar-refractivity contribution is 0.358. The highest BCUT2D eigenvalue weighted by molar-refractivity contribution is 4.82. The van der Waals surface area contributed by atoms with Crippen LogP contribution in [-0.2, 0) is 0 Å². The molecule has 1 heteroatoms. The minimum absolute atomic E-state index is 0.318. The van der Waals surface area contributed by atoms with Gasteiger partial charge in [0.1, 0.15) is 0 Å². The van der Waals surface area contributed by atoms with Gasteiger partial charge < -0.3 is 5.32 Å². The van der Waals surface area contributed by atoms with Gasteiger partial charge in [0, 0.05) is 5.54 Å². The summed E-state index contributed by atoms with van der Waals surface area (Å²) < 4.78 is 0. The van der Waals surface area contributed by atoms with Crippen LogP contribution < -0.4 is 5.32 Å². The molecule has 18 heavy (non-hydrogen) atoms. The molecule has 0 spiro atoms. The fourth-order valence-corrected chi connectivity index (χ4v) is 2.32. The lowest BCUT2D eigenvalue weighted by Gasteiger charge is -2.25. The molecule has 0 rings (SSSR count). The van der Waals surface area contributed by atoms with E-state index in [1.807, 2.05) is 0 Å². The Balaban J connectivity index is 3.31. The molecule has 0 atom stereocenters. The van der Waals surface area contributed by atoms with Crippen LogP contribution in [0.4, 0.5) is 0 Å². The van der Waals surface area contributed by atoms with Crippen molar-refractivity contribution in [3.05, 3.63) is 12.2 Å². The Kier molecular flexibility index (Phi) is 11.6. The van der Waals surface area contributed by atoms with Gasteiger partial charge in [0.2, 0.25) is 0 Å². The van der Waals surface area contributed by atoms with Gasteiger partial charge in [-0.15, -0.1) is 0 Å². The van der Waals surface area contributed by atoms with Crippen molar-refractivity contribution < 1.29 is 0 Å². The maximum Gasteiger partial charge on any atom is 0.0125 e. The van der Waals surface area contributed by atoms with E-state index in [1.165, 1.54) is 57.8 Å². The van der Waals surface area contributed by atoms with Gasteiger partial charge in [-0.25, -0.2) is 0 Å². The lowest BCUT2D eigenvalue weighted by atomic mass is 9.96. The zero-order valence-electron chi connectivity index (χ0n) is 13.2. The van der Waals surface area contributed by atoms with E-state index in [0.717, 1.165) is 6.54 Å². The molecule has 0 aliphatic carbocycles. The molecule has 0 aromatic heterocycles. The molecule has 0 unspecified atom stereocenters. The molecule has 1 N–H and O–H groups in total. The predicted molar refractivity (Wildman–Crippen MR) is 84.1 cm³/mol. The van der Waals surface area contributed by atoms with Gasteiger partial charge in [-0.2, -0.15) is 0 Å². The molecular weight excluding hydrogens is 218 g/mol. The predicted octanol–water partition coefficient (Wildman–Crippen LogP) is 5.46. The quantitative estimate of drug-likeness (QED) is 0.359. The average molecular weight is 253 g/mol. The fraction of sp³-hybridized carbons (Fsp3) is 0.882. The second kappa shape index (κ2) is 11.8. The highest BCUT2D eigenvalue weighted by Gasteiger charge is 2.14. The van der Waals surface area contributed by atoms with Crippen molar-refractivity contribution in [2.45, 2.75) is 91.0 Å². The molecule has 0 aliphatic rings. The van der Waals surface area contributed by atoms with Gasteiger partial charge in [-0.05, 0) is 52.5 Å². The summed E-state index contributed by atoms with van der Waals surface area (Å²) in [4.78, 5) is 0. The third-order valence-electron chi connectivity index (χ3n) is 3.47. The van der Waals surface area contributed by atoms with E-state index in [-0.39, 0.29) is 0 Å². The van der Waals surface area contributed by atoms with Crippen molar-refractivity contribution in [1.82, 2.24) is 5.32 Å². The maximum atomic E-state index is 3.53. The van der Waals surface area contributed by atoms with Crippen LogP contribution in [0.25, 0.3) is 0 Å². The van der Waals surface area contributed by atoms with Gasteiger partial charge in [0.15, 0.2) is 0 Å². The van der Waals surface area contributed by atoms with E-state index in [1.54, 1.807) is 0 Å². The smallest absolute Gasteiger partial charge is 0.0125 e. The second-order valence-electron chi connectivity index (χ2n) is 5.98. The molecule has 0 aliphatic heterocycles. The summed E-state index contributed by atoms with van der Waals surface area (Å²) in [5.41, 5.74) is 0.318. The molecule has 0 radical (unpaired) electrons. The molecule has 0 saturated heterocycles. The second-order valence-corrected chi connectivity index (χ2v) is 5.98. The van der Waals surface area contributed by atoms with Crippen molar-refractivity contribution in [2.24, 2.45) is 0 Å². The number of hydrogen-bond donors (Lipinski definition) is 1.